The number of rotatable bonds is 83. The third kappa shape index (κ3) is 87.6. The minimum Gasteiger partial charge on any atom is -0.463 e. The average molecular weight is 1620 g/mol. The number of aliphatic hydroxyl groups excluding tert-OH is 2. The van der Waals surface area contributed by atoms with E-state index in [1.54, 1.807) is 0 Å². The Morgan fingerprint density at radius 2 is 0.469 bits per heavy atom. The van der Waals surface area contributed by atoms with Crippen molar-refractivity contribution in [2.75, 3.05) is 39.6 Å². The molecule has 0 aliphatic carbocycles. The van der Waals surface area contributed by atoms with Gasteiger partial charge in [-0.25, -0.2) is 9.13 Å². The van der Waals surface area contributed by atoms with Crippen LogP contribution in [0.3, 0.4) is 0 Å². The molecule has 18 heteroatoms. The van der Waals surface area contributed by atoms with E-state index in [9.17, 15) is 43.5 Å². The van der Waals surface area contributed by atoms with Gasteiger partial charge in [-0.2, -0.15) is 0 Å². The smallest absolute Gasteiger partial charge is 0.463 e. The molecule has 16 nitrogen and oxygen atoms in total. The first-order chi connectivity index (χ1) is 55.2. The van der Waals surface area contributed by atoms with Crippen LogP contribution in [0.2, 0.25) is 0 Å². The average Bonchev–Trinajstić information content (AvgIpc) is 0.903. The fourth-order valence-corrected chi connectivity index (χ4v) is 13.2. The maximum absolute atomic E-state index is 13.1. The highest BCUT2D eigenvalue weighted by atomic mass is 31.2. The molecule has 646 valence electrons. The largest absolute Gasteiger partial charge is 0.472 e. The predicted octanol–water partition coefficient (Wildman–Crippen LogP) is 27.1. The lowest BCUT2D eigenvalue weighted by atomic mass is 10.0. The van der Waals surface area contributed by atoms with E-state index < -0.39 is 91.5 Å². The van der Waals surface area contributed by atoms with Crippen LogP contribution in [0.1, 0.15) is 355 Å². The van der Waals surface area contributed by atoms with Gasteiger partial charge < -0.3 is 34.2 Å². The molecule has 0 aliphatic rings. The summed E-state index contributed by atoms with van der Waals surface area (Å²) >= 11 is 0. The summed E-state index contributed by atoms with van der Waals surface area (Å²) in [6.45, 7) is 2.51. The molecule has 0 aromatic heterocycles. The Kier molecular flexibility index (Phi) is 82.4. The van der Waals surface area contributed by atoms with Crippen LogP contribution in [0, 0.1) is 0 Å². The van der Waals surface area contributed by atoms with Gasteiger partial charge in [0.15, 0.2) is 6.10 Å². The second kappa shape index (κ2) is 86.3. The summed E-state index contributed by atoms with van der Waals surface area (Å²) in [7, 11) is -9.82. The zero-order valence-electron chi connectivity index (χ0n) is 71.0. The lowest BCUT2D eigenvalue weighted by Gasteiger charge is -2.21. The lowest BCUT2D eigenvalue weighted by Crippen LogP contribution is -2.30. The van der Waals surface area contributed by atoms with Crippen molar-refractivity contribution in [2.45, 2.75) is 373 Å². The predicted molar refractivity (Wildman–Crippen MR) is 472 cm³/mol. The Bertz CT molecular complexity index is 2730. The van der Waals surface area contributed by atoms with Gasteiger partial charge in [-0.05, 0) is 161 Å². The molecule has 0 heterocycles. The molecular weight excluding hydrogens is 1460 g/mol. The summed E-state index contributed by atoms with van der Waals surface area (Å²) in [4.78, 5) is 58.9. The van der Waals surface area contributed by atoms with Crippen LogP contribution in [0.5, 0.6) is 0 Å². The highest BCUT2D eigenvalue weighted by Gasteiger charge is 2.29. The summed E-state index contributed by atoms with van der Waals surface area (Å²) in [5, 5.41) is 20.7. The highest BCUT2D eigenvalue weighted by molar-refractivity contribution is 7.47. The van der Waals surface area contributed by atoms with Gasteiger partial charge in [0.1, 0.15) is 25.4 Å². The molecule has 0 aliphatic heterocycles. The number of unbranched alkanes of at least 4 members (excludes halogenated alkanes) is 32. The van der Waals surface area contributed by atoms with Gasteiger partial charge in [-0.3, -0.25) is 32.5 Å². The van der Waals surface area contributed by atoms with Crippen molar-refractivity contribution in [3.05, 3.63) is 170 Å². The maximum Gasteiger partial charge on any atom is 0.472 e. The first-order valence-electron chi connectivity index (χ1n) is 44.4. The van der Waals surface area contributed by atoms with Gasteiger partial charge in [0, 0.05) is 19.3 Å². The topological polar surface area (TPSA) is 231 Å². The van der Waals surface area contributed by atoms with E-state index in [-0.39, 0.29) is 19.3 Å². The minimum absolute atomic E-state index is 0.0785. The van der Waals surface area contributed by atoms with Crippen LogP contribution in [-0.4, -0.2) is 95.9 Å². The fraction of sp³-hybridized carbons (Fsp3) is 0.674. The van der Waals surface area contributed by atoms with Crippen LogP contribution in [0.15, 0.2) is 170 Å². The molecule has 5 atom stereocenters. The summed E-state index contributed by atoms with van der Waals surface area (Å²) in [5.74, 6) is -1.60. The molecule has 0 saturated carbocycles. The van der Waals surface area contributed by atoms with Crippen molar-refractivity contribution in [2.24, 2.45) is 0 Å². The Balaban J connectivity index is 4.66. The number of hydrogen-bond acceptors (Lipinski definition) is 14. The number of allylic oxidation sites excluding steroid dienone is 28. The number of esters is 3. The monoisotopic (exact) mass is 1620 g/mol. The molecule has 0 bridgehead atoms. The van der Waals surface area contributed by atoms with Crippen LogP contribution in [-0.2, 0) is 55.8 Å². The normalized spacial score (nSPS) is 14.6. The van der Waals surface area contributed by atoms with Gasteiger partial charge in [0.25, 0.3) is 0 Å². The second-order valence-electron chi connectivity index (χ2n) is 29.3. The number of hydrogen-bond donors (Lipinski definition) is 4. The number of carbonyl (C=O) groups excluding carboxylic acids is 3. The van der Waals surface area contributed by atoms with E-state index in [0.29, 0.717) is 19.3 Å². The summed E-state index contributed by atoms with van der Waals surface area (Å²) in [6.07, 6.45) is 111. The van der Waals surface area contributed by atoms with E-state index in [1.807, 2.05) is 0 Å². The molecule has 113 heavy (non-hydrogen) atoms. The van der Waals surface area contributed by atoms with Gasteiger partial charge in [0.05, 0.1) is 26.4 Å². The molecule has 0 amide bonds. The zero-order chi connectivity index (χ0) is 82.2. The van der Waals surface area contributed by atoms with Gasteiger partial charge in [0.2, 0.25) is 0 Å². The standard InChI is InChI=1S/C95H160O16P2/c1-4-7-10-13-16-19-22-25-28-31-34-37-39-41-43-44-46-48-49-52-54-57-60-63-66-69-72-75-78-81-93(98)105-84-90(96)85-107-112(101,102)108-86-91(97)87-109-113(103,104)110-89-92(111-95(100)83-80-77-74-71-68-65-62-59-56-51-36-33-30-27-24-21-18-15-12-9-6-3)88-106-94(99)82-79-76-73-70-67-64-61-58-55-53-50-47-45-42-40-38-35-32-29-26-23-20-17-14-11-8-5-2/h7,10,16-21,25-30,34-38,41-43,45-46,48,51,59,62,90-92,96-97H,4-6,8-9,11-15,22-24,31-33,39-40,44,47,49-50,52-58,60-61,63-89H2,1-3H3,(H,101,102)(H,103,104)/b10-7-,19-16-,20-17-,21-18-,28-25-,29-26-,30-27-,37-34-,38-35-,43-41-,45-42-,48-46-,51-36-,62-59-. The molecule has 5 unspecified atom stereocenters. The van der Waals surface area contributed by atoms with Gasteiger partial charge in [-0.15, -0.1) is 0 Å². The number of aliphatic hydroxyl groups is 2. The lowest BCUT2D eigenvalue weighted by molar-refractivity contribution is -0.161. The molecular formula is C95H160O16P2. The Morgan fingerprint density at radius 3 is 0.743 bits per heavy atom. The third-order valence-electron chi connectivity index (χ3n) is 18.4. The molecule has 0 rings (SSSR count). The van der Waals surface area contributed by atoms with E-state index >= 15 is 0 Å². The van der Waals surface area contributed by atoms with Crippen molar-refractivity contribution in [3.63, 3.8) is 0 Å². The Hall–Kier alpha value is -5.09. The minimum atomic E-state index is -4.95. The summed E-state index contributed by atoms with van der Waals surface area (Å²) < 4.78 is 61.4. The van der Waals surface area contributed by atoms with E-state index in [4.69, 9.17) is 32.3 Å². The molecule has 0 aromatic carbocycles. The first-order valence-corrected chi connectivity index (χ1v) is 47.4. The van der Waals surface area contributed by atoms with Crippen LogP contribution < -0.4 is 0 Å². The van der Waals surface area contributed by atoms with E-state index in [0.717, 1.165) is 180 Å². The molecule has 0 aromatic rings. The summed E-state index contributed by atoms with van der Waals surface area (Å²) in [5.41, 5.74) is 0. The quantitative estimate of drug-likeness (QED) is 0.0146. The van der Waals surface area contributed by atoms with Crippen molar-refractivity contribution >= 4 is 33.6 Å². The van der Waals surface area contributed by atoms with E-state index in [1.165, 1.54) is 116 Å². The molecule has 0 saturated heterocycles. The van der Waals surface area contributed by atoms with Gasteiger partial charge in [-0.1, -0.05) is 345 Å². The van der Waals surface area contributed by atoms with Crippen molar-refractivity contribution < 1.29 is 75.8 Å². The first kappa shape index (κ1) is 108. The Labute approximate surface area is 688 Å². The van der Waals surface area contributed by atoms with Gasteiger partial charge >= 0.3 is 33.6 Å². The highest BCUT2D eigenvalue weighted by Crippen LogP contribution is 2.45. The van der Waals surface area contributed by atoms with E-state index in [2.05, 4.69) is 191 Å². The third-order valence-corrected chi connectivity index (χ3v) is 20.3. The molecule has 4 N–H and O–H groups in total. The molecule has 0 spiro atoms. The molecule has 0 fully saturated rings. The summed E-state index contributed by atoms with van der Waals surface area (Å²) in [6, 6.07) is 0. The maximum atomic E-state index is 13.1. The van der Waals surface area contributed by atoms with Crippen LogP contribution in [0.4, 0.5) is 0 Å². The Morgan fingerprint density at radius 1 is 0.257 bits per heavy atom. The number of phosphoric ester groups is 2. The fourth-order valence-electron chi connectivity index (χ4n) is 11.7. The molecule has 0 radical (unpaired) electrons. The van der Waals surface area contributed by atoms with Crippen molar-refractivity contribution in [1.82, 2.24) is 0 Å². The van der Waals surface area contributed by atoms with Crippen LogP contribution in [0.25, 0.3) is 0 Å². The SMILES string of the molecule is CC/C=C\C/C=C\C/C=C\C/C=C\C/C=C\C/C=C\CCCCCCCCCCCCC(=O)OCC(O)COP(=O)(O)OCC(O)COP(=O)(O)OCC(COC(=O)CCCCCCCCCCCCC/C=C\C/C=C\C/C=C\C/C=C\CCCCC)OC(=O)CCCCCCC/C=C\C/C=C\C/C=C\C/C=C\CCCCC. The van der Waals surface area contributed by atoms with Crippen LogP contribution >= 0.6 is 15.6 Å². The van der Waals surface area contributed by atoms with Crippen molar-refractivity contribution in [1.29, 1.82) is 0 Å². The number of carbonyl (C=O) groups is 3. The number of phosphoric acid groups is 2. The zero-order valence-corrected chi connectivity index (χ0v) is 72.8. The number of ether oxygens (including phenoxy) is 3. The second-order valence-corrected chi connectivity index (χ2v) is 32.2. The van der Waals surface area contributed by atoms with Crippen molar-refractivity contribution in [3.8, 4) is 0 Å².